The zero-order chi connectivity index (χ0) is 17.2. The summed E-state index contributed by atoms with van der Waals surface area (Å²) in [6.07, 6.45) is 1.27. The fraction of sp³-hybridized carbons (Fsp3) is 0.200. The van der Waals surface area contributed by atoms with Crippen molar-refractivity contribution in [2.75, 3.05) is 0 Å². The maximum absolute atomic E-state index is 12.1. The molecule has 4 rings (SSSR count). The Morgan fingerprint density at radius 2 is 1.08 bits per heavy atom. The molecular weight excluding hydrogens is 350 g/mol. The van der Waals surface area contributed by atoms with Crippen LogP contribution in [-0.2, 0) is 9.59 Å². The lowest BCUT2D eigenvalue weighted by molar-refractivity contribution is -0.126. The Labute approximate surface area is 155 Å². The number of allylic oxidation sites excluding steroid dienone is 2. The van der Waals surface area contributed by atoms with E-state index in [-0.39, 0.29) is 23.7 Å². The lowest BCUT2D eigenvalue weighted by Gasteiger charge is -2.26. The molecule has 0 spiro atoms. The zero-order valence-corrected chi connectivity index (χ0v) is 15.1. The van der Waals surface area contributed by atoms with Crippen molar-refractivity contribution in [3.8, 4) is 0 Å². The number of fused-ring (bicyclic) bond motifs is 1. The van der Waals surface area contributed by atoms with Crippen LogP contribution in [0.1, 0.15) is 12.8 Å². The van der Waals surface area contributed by atoms with Crippen LogP contribution in [0, 0.1) is 11.8 Å². The predicted molar refractivity (Wildman–Crippen MR) is 101 cm³/mol. The Morgan fingerprint density at radius 3 is 1.48 bits per heavy atom. The average molecular weight is 367 g/mol. The summed E-state index contributed by atoms with van der Waals surface area (Å²) >= 11 is 3.42. The summed E-state index contributed by atoms with van der Waals surface area (Å²) in [5.41, 5.74) is 0. The van der Waals surface area contributed by atoms with Crippen LogP contribution in [0.15, 0.2) is 80.3 Å². The molecule has 2 aliphatic rings. The third-order valence-corrected chi connectivity index (χ3v) is 6.96. The quantitative estimate of drug-likeness (QED) is 0.810. The van der Waals surface area contributed by atoms with E-state index in [1.54, 1.807) is 23.5 Å². The Hall–Kier alpha value is -1.98. The van der Waals surface area contributed by atoms with Crippen molar-refractivity contribution in [2.45, 2.75) is 22.6 Å². The van der Waals surface area contributed by atoms with Gasteiger partial charge in [0.05, 0.1) is 11.8 Å². The fourth-order valence-corrected chi connectivity index (χ4v) is 5.55. The molecule has 5 heteroatoms. The average Bonchev–Trinajstić information content (AvgIpc) is 2.90. The molecule has 0 aromatic heterocycles. The van der Waals surface area contributed by atoms with Crippen LogP contribution in [0.5, 0.6) is 0 Å². The smallest absolute Gasteiger partial charge is 0.230 e. The van der Waals surface area contributed by atoms with E-state index in [0.717, 1.165) is 9.79 Å². The SMILES string of the molecule is O=C1NC(=O)C2CC(Sc3ccccc3)=C(Sc3ccccc3)CC12. The van der Waals surface area contributed by atoms with Gasteiger partial charge in [0, 0.05) is 19.6 Å². The van der Waals surface area contributed by atoms with E-state index in [0.29, 0.717) is 12.8 Å². The molecular formula is C20H17NO2S2. The largest absolute Gasteiger partial charge is 0.296 e. The highest BCUT2D eigenvalue weighted by Crippen LogP contribution is 2.49. The number of thioether (sulfide) groups is 2. The molecule has 1 N–H and O–H groups in total. The molecule has 2 atom stereocenters. The Bertz CT molecular complexity index is 764. The van der Waals surface area contributed by atoms with E-state index < -0.39 is 0 Å². The summed E-state index contributed by atoms with van der Waals surface area (Å²) in [6.45, 7) is 0. The van der Waals surface area contributed by atoms with Gasteiger partial charge in [-0.1, -0.05) is 59.9 Å². The molecule has 2 aromatic carbocycles. The van der Waals surface area contributed by atoms with Crippen LogP contribution in [0.4, 0.5) is 0 Å². The molecule has 2 aromatic rings. The number of hydrogen-bond donors (Lipinski definition) is 1. The summed E-state index contributed by atoms with van der Waals surface area (Å²) in [6, 6.07) is 20.4. The second-order valence-electron chi connectivity index (χ2n) is 6.15. The maximum Gasteiger partial charge on any atom is 0.230 e. The molecule has 126 valence electrons. The first-order valence-corrected chi connectivity index (χ1v) is 9.86. The number of benzene rings is 2. The van der Waals surface area contributed by atoms with Crippen LogP contribution in [0.3, 0.4) is 0 Å². The van der Waals surface area contributed by atoms with Crippen LogP contribution in [0.2, 0.25) is 0 Å². The van der Waals surface area contributed by atoms with Crippen molar-refractivity contribution in [2.24, 2.45) is 11.8 Å². The molecule has 0 bridgehead atoms. The summed E-state index contributed by atoms with van der Waals surface area (Å²) in [5, 5.41) is 2.50. The number of imide groups is 1. The summed E-state index contributed by atoms with van der Waals surface area (Å²) in [5.74, 6) is -0.687. The molecule has 2 unspecified atom stereocenters. The topological polar surface area (TPSA) is 46.2 Å². The molecule has 1 heterocycles. The van der Waals surface area contributed by atoms with Gasteiger partial charge in [-0.05, 0) is 37.1 Å². The van der Waals surface area contributed by atoms with Crippen molar-refractivity contribution >= 4 is 35.3 Å². The van der Waals surface area contributed by atoms with E-state index in [1.165, 1.54) is 9.81 Å². The normalized spacial score (nSPS) is 22.7. The second-order valence-corrected chi connectivity index (χ2v) is 8.49. The maximum atomic E-state index is 12.1. The van der Waals surface area contributed by atoms with Crippen molar-refractivity contribution < 1.29 is 9.59 Å². The van der Waals surface area contributed by atoms with Gasteiger partial charge < -0.3 is 0 Å². The number of hydrogen-bond acceptors (Lipinski definition) is 4. The van der Waals surface area contributed by atoms with Crippen molar-refractivity contribution in [1.29, 1.82) is 0 Å². The highest BCUT2D eigenvalue weighted by Gasteiger charge is 2.45. The van der Waals surface area contributed by atoms with Gasteiger partial charge in [0.1, 0.15) is 0 Å². The summed E-state index contributed by atoms with van der Waals surface area (Å²) < 4.78 is 0. The Balaban J connectivity index is 1.67. The lowest BCUT2D eigenvalue weighted by Crippen LogP contribution is -2.22. The van der Waals surface area contributed by atoms with Gasteiger partial charge in [-0.15, -0.1) is 0 Å². The molecule has 2 amide bonds. The first kappa shape index (κ1) is 16.5. The number of rotatable bonds is 4. The van der Waals surface area contributed by atoms with Crippen LogP contribution >= 0.6 is 23.5 Å². The van der Waals surface area contributed by atoms with Gasteiger partial charge in [0.2, 0.25) is 11.8 Å². The highest BCUT2D eigenvalue weighted by molar-refractivity contribution is 8.06. The van der Waals surface area contributed by atoms with Gasteiger partial charge in [-0.3, -0.25) is 14.9 Å². The Morgan fingerprint density at radius 1 is 0.680 bits per heavy atom. The molecule has 25 heavy (non-hydrogen) atoms. The second kappa shape index (κ2) is 7.10. The number of amides is 2. The van der Waals surface area contributed by atoms with E-state index in [9.17, 15) is 9.59 Å². The van der Waals surface area contributed by atoms with Crippen molar-refractivity contribution in [3.05, 3.63) is 70.5 Å². The van der Waals surface area contributed by atoms with E-state index >= 15 is 0 Å². The third kappa shape index (κ3) is 3.53. The Kier molecular flexibility index (Phi) is 4.68. The molecule has 1 aliphatic carbocycles. The number of carbonyl (C=O) groups is 2. The summed E-state index contributed by atoms with van der Waals surface area (Å²) in [4.78, 5) is 28.9. The van der Waals surface area contributed by atoms with Crippen LogP contribution in [-0.4, -0.2) is 11.8 Å². The minimum absolute atomic E-state index is 0.120. The van der Waals surface area contributed by atoms with Gasteiger partial charge in [-0.2, -0.15) is 0 Å². The molecule has 1 saturated heterocycles. The summed E-state index contributed by atoms with van der Waals surface area (Å²) in [7, 11) is 0. The van der Waals surface area contributed by atoms with Gasteiger partial charge in [0.25, 0.3) is 0 Å². The molecule has 3 nitrogen and oxygen atoms in total. The number of nitrogens with one attached hydrogen (secondary N) is 1. The standard InChI is InChI=1S/C20H17NO2S2/c22-19-15-11-17(24-13-7-3-1-4-8-13)18(12-16(15)20(23)21-19)25-14-9-5-2-6-10-14/h1-10,15-16H,11-12H2,(H,21,22,23). The van der Waals surface area contributed by atoms with Crippen molar-refractivity contribution in [1.82, 2.24) is 5.32 Å². The minimum atomic E-state index is -0.223. The molecule has 1 aliphatic heterocycles. The monoisotopic (exact) mass is 367 g/mol. The van der Waals surface area contributed by atoms with E-state index in [1.807, 2.05) is 36.4 Å². The van der Waals surface area contributed by atoms with Crippen molar-refractivity contribution in [3.63, 3.8) is 0 Å². The molecule has 1 fully saturated rings. The number of carbonyl (C=O) groups excluding carboxylic acids is 2. The predicted octanol–water partition coefficient (Wildman–Crippen LogP) is 4.47. The van der Waals surface area contributed by atoms with E-state index in [4.69, 9.17) is 0 Å². The lowest BCUT2D eigenvalue weighted by atomic mass is 9.85. The zero-order valence-electron chi connectivity index (χ0n) is 13.5. The van der Waals surface area contributed by atoms with Gasteiger partial charge in [0.15, 0.2) is 0 Å². The van der Waals surface area contributed by atoms with Crippen LogP contribution < -0.4 is 5.32 Å². The third-order valence-electron chi connectivity index (χ3n) is 4.50. The first-order valence-electron chi connectivity index (χ1n) is 8.23. The van der Waals surface area contributed by atoms with Crippen LogP contribution in [0.25, 0.3) is 0 Å². The fourth-order valence-electron chi connectivity index (χ4n) is 3.23. The first-order chi connectivity index (χ1) is 12.2. The van der Waals surface area contributed by atoms with Gasteiger partial charge in [-0.25, -0.2) is 0 Å². The minimum Gasteiger partial charge on any atom is -0.296 e. The highest BCUT2D eigenvalue weighted by atomic mass is 32.2. The molecule has 0 radical (unpaired) electrons. The molecule has 0 saturated carbocycles. The van der Waals surface area contributed by atoms with Gasteiger partial charge >= 0.3 is 0 Å². The van der Waals surface area contributed by atoms with E-state index in [2.05, 4.69) is 29.6 Å².